The van der Waals surface area contributed by atoms with Gasteiger partial charge in [0.1, 0.15) is 11.5 Å². The molecule has 0 unspecified atom stereocenters. The van der Waals surface area contributed by atoms with Crippen molar-refractivity contribution in [2.24, 2.45) is 4.99 Å². The van der Waals surface area contributed by atoms with Crippen LogP contribution >= 0.6 is 43.2 Å². The molecule has 40 heavy (non-hydrogen) atoms. The average molecular weight is 683 g/mol. The minimum absolute atomic E-state index is 0.241. The number of para-hydroxylation sites is 1. The van der Waals surface area contributed by atoms with Crippen molar-refractivity contribution in [1.29, 1.82) is 0 Å². The molecule has 1 atom stereocenters. The van der Waals surface area contributed by atoms with E-state index >= 15 is 0 Å². The highest BCUT2D eigenvalue weighted by Gasteiger charge is 2.32. The van der Waals surface area contributed by atoms with E-state index in [4.69, 9.17) is 14.5 Å². The molecule has 0 aliphatic carbocycles. The first-order valence-electron chi connectivity index (χ1n) is 12.5. The number of hydrogen-bond acceptors (Lipinski definition) is 6. The van der Waals surface area contributed by atoms with Crippen molar-refractivity contribution in [3.05, 3.63) is 118 Å². The Labute approximate surface area is 251 Å². The molecule has 0 saturated heterocycles. The predicted octanol–water partition coefficient (Wildman–Crippen LogP) is 5.81. The van der Waals surface area contributed by atoms with Crippen LogP contribution in [0.4, 0.5) is 5.69 Å². The zero-order valence-electron chi connectivity index (χ0n) is 21.9. The zero-order chi connectivity index (χ0) is 28.4. The number of nitrogens with one attached hydrogen (secondary N) is 1. The number of aromatic nitrogens is 1. The van der Waals surface area contributed by atoms with Gasteiger partial charge in [-0.15, -0.1) is 0 Å². The molecule has 0 radical (unpaired) electrons. The van der Waals surface area contributed by atoms with Crippen molar-refractivity contribution in [2.45, 2.75) is 19.9 Å². The molecule has 4 aromatic rings. The highest BCUT2D eigenvalue weighted by atomic mass is 79.9. The normalized spacial score (nSPS) is 14.9. The number of hydrogen-bond donors (Lipinski definition) is 1. The molecule has 1 aromatic heterocycles. The molecular weight excluding hydrogens is 658 g/mol. The maximum absolute atomic E-state index is 14.0. The van der Waals surface area contributed by atoms with E-state index in [1.807, 2.05) is 79.7 Å². The van der Waals surface area contributed by atoms with Gasteiger partial charge in [-0.2, -0.15) is 0 Å². The minimum Gasteiger partial charge on any atom is -0.497 e. The fourth-order valence-corrected chi connectivity index (χ4v) is 7.05. The van der Waals surface area contributed by atoms with Crippen molar-refractivity contribution in [2.75, 3.05) is 19.0 Å². The number of carbonyl (C=O) groups excluding carboxylic acids is 1. The maximum Gasteiger partial charge on any atom is 0.271 e. The van der Waals surface area contributed by atoms with E-state index in [0.29, 0.717) is 44.4 Å². The molecule has 1 aliphatic rings. The summed E-state index contributed by atoms with van der Waals surface area (Å²) in [7, 11) is 1.59. The summed E-state index contributed by atoms with van der Waals surface area (Å²) in [6.07, 6.45) is 1.82. The van der Waals surface area contributed by atoms with Crippen LogP contribution in [0.25, 0.3) is 6.08 Å². The molecule has 0 saturated carbocycles. The topological polar surface area (TPSA) is 81.9 Å². The molecule has 1 amide bonds. The number of nitrogens with zero attached hydrogens (tertiary/aromatic N) is 2. The lowest BCUT2D eigenvalue weighted by atomic mass is 9.95. The largest absolute Gasteiger partial charge is 0.497 e. The van der Waals surface area contributed by atoms with Crippen LogP contribution in [0.5, 0.6) is 11.5 Å². The number of carbonyl (C=O) groups is 1. The number of methoxy groups -OCH3 is 1. The Hall–Kier alpha value is -3.47. The Balaban J connectivity index is 1.67. The van der Waals surface area contributed by atoms with Gasteiger partial charge < -0.3 is 14.8 Å². The molecule has 7 nitrogen and oxygen atoms in total. The second kappa shape index (κ2) is 12.0. The lowest BCUT2D eigenvalue weighted by molar-refractivity contribution is -0.113. The van der Waals surface area contributed by atoms with Crippen molar-refractivity contribution >= 4 is 60.9 Å². The Kier molecular flexibility index (Phi) is 8.39. The Morgan fingerprint density at radius 1 is 1.10 bits per heavy atom. The summed E-state index contributed by atoms with van der Waals surface area (Å²) in [4.78, 5) is 32.9. The molecule has 204 valence electrons. The van der Waals surface area contributed by atoms with E-state index in [-0.39, 0.29) is 11.5 Å². The first-order valence-corrected chi connectivity index (χ1v) is 14.9. The average Bonchev–Trinajstić information content (AvgIpc) is 3.24. The molecule has 0 fully saturated rings. The van der Waals surface area contributed by atoms with E-state index < -0.39 is 6.04 Å². The van der Waals surface area contributed by atoms with Crippen LogP contribution in [0, 0.1) is 0 Å². The van der Waals surface area contributed by atoms with Gasteiger partial charge in [-0.1, -0.05) is 41.7 Å². The highest BCUT2D eigenvalue weighted by molar-refractivity contribution is 9.11. The fraction of sp³-hybridized carbons (Fsp3) is 0.167. The molecular formula is C30H25Br2N3O4S. The SMILES string of the molecule is CCOc1c(Br)cc(/C=c2\sc3n(c2=O)[C@@H](c2cccc(OC)c2)C(C(=O)Nc2ccccc2)=C(C)N=3)cc1Br. The summed E-state index contributed by atoms with van der Waals surface area (Å²) >= 11 is 8.41. The van der Waals surface area contributed by atoms with Crippen molar-refractivity contribution in [3.63, 3.8) is 0 Å². The molecule has 5 rings (SSSR count). The molecule has 1 aliphatic heterocycles. The molecule has 3 aromatic carbocycles. The number of rotatable bonds is 7. The third kappa shape index (κ3) is 5.56. The summed E-state index contributed by atoms with van der Waals surface area (Å²) in [6, 6.07) is 19.7. The molecule has 2 heterocycles. The molecule has 0 bridgehead atoms. The predicted molar refractivity (Wildman–Crippen MR) is 165 cm³/mol. The van der Waals surface area contributed by atoms with Gasteiger partial charge in [0.25, 0.3) is 11.5 Å². The summed E-state index contributed by atoms with van der Waals surface area (Å²) in [5.74, 6) is 0.999. The summed E-state index contributed by atoms with van der Waals surface area (Å²) < 4.78 is 14.8. The van der Waals surface area contributed by atoms with Crippen molar-refractivity contribution in [3.8, 4) is 11.5 Å². The lowest BCUT2D eigenvalue weighted by Crippen LogP contribution is -2.40. The smallest absolute Gasteiger partial charge is 0.271 e. The summed E-state index contributed by atoms with van der Waals surface area (Å²) in [6.45, 7) is 4.24. The summed E-state index contributed by atoms with van der Waals surface area (Å²) in [5, 5.41) is 2.97. The van der Waals surface area contributed by atoms with E-state index in [0.717, 1.165) is 20.1 Å². The van der Waals surface area contributed by atoms with Crippen LogP contribution in [-0.4, -0.2) is 24.2 Å². The van der Waals surface area contributed by atoms with Gasteiger partial charge in [0.05, 0.1) is 44.5 Å². The Bertz CT molecular complexity index is 1790. The van der Waals surface area contributed by atoms with E-state index in [1.54, 1.807) is 18.6 Å². The van der Waals surface area contributed by atoms with Gasteiger partial charge in [-0.3, -0.25) is 14.2 Å². The second-order valence-corrected chi connectivity index (χ2v) is 11.6. The van der Waals surface area contributed by atoms with E-state index in [1.165, 1.54) is 11.3 Å². The fourth-order valence-electron chi connectivity index (χ4n) is 4.56. The number of allylic oxidation sites excluding steroid dienone is 1. The number of amides is 1. The van der Waals surface area contributed by atoms with E-state index in [2.05, 4.69) is 37.2 Å². The monoisotopic (exact) mass is 681 g/mol. The molecule has 10 heteroatoms. The highest BCUT2D eigenvalue weighted by Crippen LogP contribution is 2.35. The second-order valence-electron chi connectivity index (χ2n) is 8.93. The maximum atomic E-state index is 14.0. The standard InChI is InChI=1S/C30H25Br2N3O4S/c1-4-39-27-22(31)13-18(14-23(27)32)15-24-29(37)35-26(19-9-8-12-21(16-19)38-3)25(17(2)33-30(35)40-24)28(36)34-20-10-6-5-7-11-20/h5-16,26H,4H2,1-3H3,(H,34,36)/b24-15-/t26-/m0/s1. The number of halogens is 2. The van der Waals surface area contributed by atoms with Crippen LogP contribution in [0.3, 0.4) is 0 Å². The van der Waals surface area contributed by atoms with Gasteiger partial charge in [-0.25, -0.2) is 4.99 Å². The van der Waals surface area contributed by atoms with Crippen LogP contribution in [0.2, 0.25) is 0 Å². The van der Waals surface area contributed by atoms with Gasteiger partial charge in [0.2, 0.25) is 0 Å². The van der Waals surface area contributed by atoms with Crippen LogP contribution in [-0.2, 0) is 4.79 Å². The van der Waals surface area contributed by atoms with Gasteiger partial charge in [0.15, 0.2) is 4.80 Å². The third-order valence-electron chi connectivity index (χ3n) is 6.31. The lowest BCUT2D eigenvalue weighted by Gasteiger charge is -2.25. The first kappa shape index (κ1) is 28.1. The number of thiazole rings is 1. The van der Waals surface area contributed by atoms with Gasteiger partial charge >= 0.3 is 0 Å². The third-order valence-corrected chi connectivity index (χ3v) is 8.48. The Morgan fingerprint density at radius 2 is 1.82 bits per heavy atom. The van der Waals surface area contributed by atoms with Crippen molar-refractivity contribution < 1.29 is 14.3 Å². The summed E-state index contributed by atoms with van der Waals surface area (Å²) in [5.41, 5.74) is 2.90. The number of anilines is 1. The number of benzene rings is 3. The van der Waals surface area contributed by atoms with Crippen LogP contribution in [0.15, 0.2) is 96.7 Å². The zero-order valence-corrected chi connectivity index (χ0v) is 25.9. The van der Waals surface area contributed by atoms with E-state index in [9.17, 15) is 9.59 Å². The molecule has 0 spiro atoms. The van der Waals surface area contributed by atoms with Crippen molar-refractivity contribution in [1.82, 2.24) is 4.57 Å². The Morgan fingerprint density at radius 3 is 2.50 bits per heavy atom. The first-order chi connectivity index (χ1) is 19.3. The van der Waals surface area contributed by atoms with Crippen LogP contribution in [0.1, 0.15) is 31.0 Å². The van der Waals surface area contributed by atoms with Crippen LogP contribution < -0.4 is 29.7 Å². The molecule has 1 N–H and O–H groups in total. The number of ether oxygens (including phenoxy) is 2. The minimum atomic E-state index is -0.698. The quantitative estimate of drug-likeness (QED) is 0.267. The van der Waals surface area contributed by atoms with Gasteiger partial charge in [-0.05, 0) is 99.3 Å². The number of fused-ring (bicyclic) bond motifs is 1. The van der Waals surface area contributed by atoms with Gasteiger partial charge in [0, 0.05) is 5.69 Å².